The van der Waals surface area contributed by atoms with E-state index in [0.717, 1.165) is 17.0 Å². The van der Waals surface area contributed by atoms with E-state index in [2.05, 4.69) is 36.7 Å². The first-order valence-corrected chi connectivity index (χ1v) is 7.05. The molecule has 0 bridgehead atoms. The van der Waals surface area contributed by atoms with Crippen LogP contribution in [0, 0.1) is 5.92 Å². The quantitative estimate of drug-likeness (QED) is 0.783. The Bertz CT molecular complexity index is 401. The number of likely N-dealkylation sites (N-methyl/N-ethyl adjacent to an activating group) is 1. The number of benzene rings is 1. The zero-order chi connectivity index (χ0) is 14.4. The molecule has 1 atom stereocenters. The average Bonchev–Trinajstić information content (AvgIpc) is 2.30. The van der Waals surface area contributed by atoms with Gasteiger partial charge in [0.25, 0.3) is 0 Å². The van der Waals surface area contributed by atoms with E-state index in [1.54, 1.807) is 0 Å². The SMILES string of the molecule is CC(C)C(CN(C)C)NC(=O)Cc1ccc(S)cc1. The number of thiol groups is 1. The summed E-state index contributed by atoms with van der Waals surface area (Å²) in [6.07, 6.45) is 0.421. The molecule has 0 heterocycles. The maximum Gasteiger partial charge on any atom is 0.224 e. The largest absolute Gasteiger partial charge is 0.352 e. The highest BCUT2D eigenvalue weighted by Gasteiger charge is 2.16. The number of nitrogens with zero attached hydrogens (tertiary/aromatic N) is 1. The van der Waals surface area contributed by atoms with Gasteiger partial charge in [0.2, 0.25) is 5.91 Å². The predicted molar refractivity (Wildman–Crippen MR) is 82.7 cm³/mol. The minimum atomic E-state index is 0.0764. The Kier molecular flexibility index (Phi) is 6.38. The molecule has 0 aliphatic heterocycles. The van der Waals surface area contributed by atoms with Crippen LogP contribution in [0.1, 0.15) is 19.4 Å². The first kappa shape index (κ1) is 16.1. The molecule has 0 spiro atoms. The zero-order valence-corrected chi connectivity index (χ0v) is 13.1. The van der Waals surface area contributed by atoms with Gasteiger partial charge in [-0.2, -0.15) is 0 Å². The molecule has 4 heteroatoms. The molecule has 1 aromatic carbocycles. The number of carbonyl (C=O) groups excluding carboxylic acids is 1. The molecule has 1 amide bonds. The van der Waals surface area contributed by atoms with Crippen LogP contribution in [0.25, 0.3) is 0 Å². The van der Waals surface area contributed by atoms with E-state index >= 15 is 0 Å². The van der Waals surface area contributed by atoms with E-state index in [4.69, 9.17) is 0 Å². The maximum absolute atomic E-state index is 12.0. The van der Waals surface area contributed by atoms with Crippen LogP contribution < -0.4 is 5.32 Å². The minimum Gasteiger partial charge on any atom is -0.352 e. The van der Waals surface area contributed by atoms with Gasteiger partial charge < -0.3 is 10.2 Å². The summed E-state index contributed by atoms with van der Waals surface area (Å²) in [7, 11) is 4.04. The van der Waals surface area contributed by atoms with E-state index in [1.165, 1.54) is 0 Å². The van der Waals surface area contributed by atoms with Crippen molar-refractivity contribution >= 4 is 18.5 Å². The molecular formula is C15H24N2OS. The highest BCUT2D eigenvalue weighted by Crippen LogP contribution is 2.09. The normalized spacial score (nSPS) is 12.8. The van der Waals surface area contributed by atoms with Crippen LogP contribution in [0.15, 0.2) is 29.2 Å². The molecule has 0 saturated carbocycles. The Hall–Kier alpha value is -1.00. The summed E-state index contributed by atoms with van der Waals surface area (Å²) >= 11 is 4.24. The lowest BCUT2D eigenvalue weighted by atomic mass is 10.0. The van der Waals surface area contributed by atoms with Gasteiger partial charge in [0.1, 0.15) is 0 Å². The summed E-state index contributed by atoms with van der Waals surface area (Å²) in [5.74, 6) is 0.499. The van der Waals surface area contributed by atoms with E-state index in [1.807, 2.05) is 38.4 Å². The van der Waals surface area contributed by atoms with Gasteiger partial charge in [0.15, 0.2) is 0 Å². The van der Waals surface area contributed by atoms with Crippen molar-refractivity contribution in [2.75, 3.05) is 20.6 Å². The number of amides is 1. The first-order valence-electron chi connectivity index (χ1n) is 6.60. The third-order valence-corrected chi connectivity index (χ3v) is 3.31. The molecule has 0 aliphatic carbocycles. The van der Waals surface area contributed by atoms with Crippen molar-refractivity contribution in [3.63, 3.8) is 0 Å². The first-order chi connectivity index (χ1) is 8.88. The lowest BCUT2D eigenvalue weighted by Crippen LogP contribution is -2.45. The van der Waals surface area contributed by atoms with Crippen LogP contribution in [0.2, 0.25) is 0 Å². The molecule has 106 valence electrons. The van der Waals surface area contributed by atoms with Gasteiger partial charge in [-0.05, 0) is 37.7 Å². The van der Waals surface area contributed by atoms with E-state index < -0.39 is 0 Å². The van der Waals surface area contributed by atoms with Crippen molar-refractivity contribution in [3.8, 4) is 0 Å². The van der Waals surface area contributed by atoms with Crippen molar-refractivity contribution in [2.24, 2.45) is 5.92 Å². The molecular weight excluding hydrogens is 256 g/mol. The van der Waals surface area contributed by atoms with Crippen LogP contribution in [0.4, 0.5) is 0 Å². The summed E-state index contributed by atoms with van der Waals surface area (Å²) in [6, 6.07) is 7.89. The summed E-state index contributed by atoms with van der Waals surface area (Å²) in [5, 5.41) is 3.11. The second kappa shape index (κ2) is 7.56. The molecule has 0 aromatic heterocycles. The third kappa shape index (κ3) is 6.12. The molecule has 19 heavy (non-hydrogen) atoms. The van der Waals surface area contributed by atoms with Crippen LogP contribution in [0.5, 0.6) is 0 Å². The highest BCUT2D eigenvalue weighted by molar-refractivity contribution is 7.80. The average molecular weight is 280 g/mol. The van der Waals surface area contributed by atoms with E-state index in [0.29, 0.717) is 12.3 Å². The van der Waals surface area contributed by atoms with E-state index in [9.17, 15) is 4.79 Å². The Morgan fingerprint density at radius 1 is 1.26 bits per heavy atom. The van der Waals surface area contributed by atoms with Crippen LogP contribution >= 0.6 is 12.6 Å². The van der Waals surface area contributed by atoms with Gasteiger partial charge in [-0.15, -0.1) is 12.6 Å². The molecule has 1 aromatic rings. The number of hydrogen-bond donors (Lipinski definition) is 2. The fourth-order valence-corrected chi connectivity index (χ4v) is 2.02. The number of carbonyl (C=O) groups is 1. The molecule has 1 rings (SSSR count). The fraction of sp³-hybridized carbons (Fsp3) is 0.533. The molecule has 1 N–H and O–H groups in total. The molecule has 0 fully saturated rings. The smallest absolute Gasteiger partial charge is 0.224 e. The lowest BCUT2D eigenvalue weighted by molar-refractivity contribution is -0.121. The standard InChI is InChI=1S/C15H24N2OS/c1-11(2)14(10-17(3)4)16-15(18)9-12-5-7-13(19)8-6-12/h5-8,11,14,19H,9-10H2,1-4H3,(H,16,18). The van der Waals surface area contributed by atoms with Crippen molar-refractivity contribution in [1.82, 2.24) is 10.2 Å². The second-order valence-corrected chi connectivity index (χ2v) is 6.04. The van der Waals surface area contributed by atoms with Crippen molar-refractivity contribution in [3.05, 3.63) is 29.8 Å². The molecule has 1 unspecified atom stereocenters. The van der Waals surface area contributed by atoms with Crippen LogP contribution in [0.3, 0.4) is 0 Å². The van der Waals surface area contributed by atoms with Gasteiger partial charge in [-0.1, -0.05) is 26.0 Å². The minimum absolute atomic E-state index is 0.0764. The lowest BCUT2D eigenvalue weighted by Gasteiger charge is -2.25. The van der Waals surface area contributed by atoms with Gasteiger partial charge in [0, 0.05) is 17.5 Å². The van der Waals surface area contributed by atoms with Crippen molar-refractivity contribution < 1.29 is 4.79 Å². The molecule has 0 radical (unpaired) electrons. The summed E-state index contributed by atoms with van der Waals surface area (Å²) < 4.78 is 0. The molecule has 0 saturated heterocycles. The van der Waals surface area contributed by atoms with Crippen molar-refractivity contribution in [1.29, 1.82) is 0 Å². The number of rotatable bonds is 6. The van der Waals surface area contributed by atoms with Gasteiger partial charge >= 0.3 is 0 Å². The Balaban J connectivity index is 2.55. The van der Waals surface area contributed by atoms with Gasteiger partial charge in [-0.25, -0.2) is 0 Å². The zero-order valence-electron chi connectivity index (χ0n) is 12.2. The maximum atomic E-state index is 12.0. The van der Waals surface area contributed by atoms with Gasteiger partial charge in [0.05, 0.1) is 6.42 Å². The monoisotopic (exact) mass is 280 g/mol. The third-order valence-electron chi connectivity index (χ3n) is 3.01. The molecule has 3 nitrogen and oxygen atoms in total. The number of hydrogen-bond acceptors (Lipinski definition) is 3. The Labute approximate surface area is 121 Å². The second-order valence-electron chi connectivity index (χ2n) is 5.52. The van der Waals surface area contributed by atoms with Crippen molar-refractivity contribution in [2.45, 2.75) is 31.2 Å². The van der Waals surface area contributed by atoms with Gasteiger partial charge in [-0.3, -0.25) is 4.79 Å². The summed E-state index contributed by atoms with van der Waals surface area (Å²) in [4.78, 5) is 15.1. The summed E-state index contributed by atoms with van der Waals surface area (Å²) in [6.45, 7) is 5.12. The van der Waals surface area contributed by atoms with Crippen LogP contribution in [-0.2, 0) is 11.2 Å². The topological polar surface area (TPSA) is 32.3 Å². The van der Waals surface area contributed by atoms with Crippen LogP contribution in [-0.4, -0.2) is 37.5 Å². The molecule has 0 aliphatic rings. The predicted octanol–water partition coefficient (Wildman–Crippen LogP) is 2.22. The number of nitrogens with one attached hydrogen (secondary N) is 1. The Morgan fingerprint density at radius 2 is 1.84 bits per heavy atom. The van der Waals surface area contributed by atoms with E-state index in [-0.39, 0.29) is 11.9 Å². The highest BCUT2D eigenvalue weighted by atomic mass is 32.1. The summed E-state index contributed by atoms with van der Waals surface area (Å²) in [5.41, 5.74) is 1.02. The fourth-order valence-electron chi connectivity index (χ4n) is 1.87. The Morgan fingerprint density at radius 3 is 2.32 bits per heavy atom.